The summed E-state index contributed by atoms with van der Waals surface area (Å²) in [6.07, 6.45) is 1.22. The van der Waals surface area contributed by atoms with Gasteiger partial charge in [-0.1, -0.05) is 0 Å². The highest BCUT2D eigenvalue weighted by molar-refractivity contribution is 9.10. The molecular formula is C11H12BrN3O4. The highest BCUT2D eigenvalue weighted by Crippen LogP contribution is 2.13. The maximum Gasteiger partial charge on any atom is 0.326 e. The number of carbonyl (C=O) groups is 3. The van der Waals surface area contributed by atoms with Crippen molar-refractivity contribution in [1.82, 2.24) is 10.3 Å². The molecule has 8 heteroatoms. The van der Waals surface area contributed by atoms with Gasteiger partial charge < -0.3 is 16.2 Å². The zero-order valence-corrected chi connectivity index (χ0v) is 11.4. The zero-order valence-electron chi connectivity index (χ0n) is 9.80. The van der Waals surface area contributed by atoms with E-state index in [2.05, 4.69) is 26.2 Å². The summed E-state index contributed by atoms with van der Waals surface area (Å²) in [5.41, 5.74) is 5.02. The van der Waals surface area contributed by atoms with Crippen molar-refractivity contribution in [3.05, 3.63) is 28.5 Å². The summed E-state index contributed by atoms with van der Waals surface area (Å²) < 4.78 is 0.451. The maximum atomic E-state index is 11.8. The fourth-order valence-electron chi connectivity index (χ4n) is 1.32. The number of nitrogens with two attached hydrogens (primary N) is 1. The Morgan fingerprint density at radius 1 is 1.47 bits per heavy atom. The van der Waals surface area contributed by atoms with Crippen molar-refractivity contribution >= 4 is 33.7 Å². The minimum absolute atomic E-state index is 0.0686. The van der Waals surface area contributed by atoms with Gasteiger partial charge in [0.05, 0.1) is 0 Å². The molecule has 7 nitrogen and oxygen atoms in total. The smallest absolute Gasteiger partial charge is 0.326 e. The summed E-state index contributed by atoms with van der Waals surface area (Å²) in [6.45, 7) is 0. The molecule has 0 unspecified atom stereocenters. The van der Waals surface area contributed by atoms with Gasteiger partial charge >= 0.3 is 5.97 Å². The first-order valence-electron chi connectivity index (χ1n) is 5.34. The molecule has 0 aliphatic carbocycles. The summed E-state index contributed by atoms with van der Waals surface area (Å²) in [7, 11) is 0. The van der Waals surface area contributed by atoms with Crippen molar-refractivity contribution in [2.45, 2.75) is 18.9 Å². The van der Waals surface area contributed by atoms with Gasteiger partial charge in [-0.15, -0.1) is 0 Å². The molecule has 4 N–H and O–H groups in total. The van der Waals surface area contributed by atoms with Crippen LogP contribution in [0.5, 0.6) is 0 Å². The highest BCUT2D eigenvalue weighted by atomic mass is 79.9. The predicted molar refractivity (Wildman–Crippen MR) is 69.3 cm³/mol. The number of carboxylic acid groups (broad SMARTS) is 1. The minimum Gasteiger partial charge on any atom is -0.480 e. The topological polar surface area (TPSA) is 122 Å². The molecule has 1 rings (SSSR count). The molecule has 0 aromatic carbocycles. The van der Waals surface area contributed by atoms with Crippen LogP contribution >= 0.6 is 15.9 Å². The molecule has 0 saturated carbocycles. The van der Waals surface area contributed by atoms with Crippen molar-refractivity contribution < 1.29 is 19.5 Å². The summed E-state index contributed by atoms with van der Waals surface area (Å²) >= 11 is 3.14. The van der Waals surface area contributed by atoms with Crippen LogP contribution in [0.15, 0.2) is 22.8 Å². The summed E-state index contributed by atoms with van der Waals surface area (Å²) in [5.74, 6) is -2.49. The van der Waals surface area contributed by atoms with Gasteiger partial charge in [-0.05, 0) is 34.5 Å². The first kappa shape index (κ1) is 15.1. The number of halogens is 1. The van der Waals surface area contributed by atoms with Crippen LogP contribution in [-0.4, -0.2) is 33.9 Å². The van der Waals surface area contributed by atoms with E-state index < -0.39 is 23.8 Å². The Hall–Kier alpha value is -1.96. The van der Waals surface area contributed by atoms with Gasteiger partial charge in [0.15, 0.2) is 0 Å². The van der Waals surface area contributed by atoms with E-state index in [1.165, 1.54) is 6.20 Å². The number of amides is 2. The third-order valence-electron chi connectivity index (χ3n) is 2.26. The average molecular weight is 330 g/mol. The van der Waals surface area contributed by atoms with E-state index in [1.54, 1.807) is 12.1 Å². The van der Waals surface area contributed by atoms with Crippen LogP contribution in [-0.2, 0) is 9.59 Å². The Morgan fingerprint density at radius 3 is 2.68 bits per heavy atom. The first-order chi connectivity index (χ1) is 8.91. The standard InChI is InChI=1S/C11H12BrN3O4/c12-6-2-1-5-14-9(6)10(17)15-7(11(18)19)3-4-8(13)16/h1-2,5,7H,3-4H2,(H2,13,16)(H,15,17)(H,18,19)/t7-/m1/s1. The monoisotopic (exact) mass is 329 g/mol. The first-order valence-corrected chi connectivity index (χ1v) is 6.13. The normalized spacial score (nSPS) is 11.6. The second-order valence-electron chi connectivity index (χ2n) is 3.70. The van der Waals surface area contributed by atoms with Gasteiger partial charge in [0.25, 0.3) is 5.91 Å². The Balaban J connectivity index is 2.74. The molecule has 102 valence electrons. The second-order valence-corrected chi connectivity index (χ2v) is 4.56. The zero-order chi connectivity index (χ0) is 14.4. The highest BCUT2D eigenvalue weighted by Gasteiger charge is 2.22. The molecule has 1 aromatic heterocycles. The number of aliphatic carboxylic acids is 1. The lowest BCUT2D eigenvalue weighted by Gasteiger charge is -2.13. The molecule has 0 aliphatic heterocycles. The van der Waals surface area contributed by atoms with Crippen LogP contribution in [0.3, 0.4) is 0 Å². The molecule has 1 atom stereocenters. The molecule has 0 radical (unpaired) electrons. The molecule has 0 aliphatic rings. The van der Waals surface area contributed by atoms with Crippen molar-refractivity contribution in [2.75, 3.05) is 0 Å². The van der Waals surface area contributed by atoms with E-state index >= 15 is 0 Å². The van der Waals surface area contributed by atoms with Gasteiger partial charge in [0, 0.05) is 17.1 Å². The maximum absolute atomic E-state index is 11.8. The number of rotatable bonds is 6. The van der Waals surface area contributed by atoms with Gasteiger partial charge in [0.2, 0.25) is 5.91 Å². The third-order valence-corrected chi connectivity index (χ3v) is 2.90. The number of aromatic nitrogens is 1. The molecule has 0 saturated heterocycles. The van der Waals surface area contributed by atoms with E-state index in [9.17, 15) is 14.4 Å². The third kappa shape index (κ3) is 4.66. The number of nitrogens with zero attached hydrogens (tertiary/aromatic N) is 1. The van der Waals surface area contributed by atoms with Crippen molar-refractivity contribution in [1.29, 1.82) is 0 Å². The Bertz CT molecular complexity index is 506. The fraction of sp³-hybridized carbons (Fsp3) is 0.273. The Labute approximate surface area is 117 Å². The molecule has 0 spiro atoms. The van der Waals surface area contributed by atoms with Crippen LogP contribution in [0.1, 0.15) is 23.3 Å². The lowest BCUT2D eigenvalue weighted by atomic mass is 10.1. The van der Waals surface area contributed by atoms with Crippen LogP contribution in [0, 0.1) is 0 Å². The van der Waals surface area contributed by atoms with E-state index in [4.69, 9.17) is 10.8 Å². The lowest BCUT2D eigenvalue weighted by Crippen LogP contribution is -2.41. The van der Waals surface area contributed by atoms with Gasteiger partial charge in [-0.3, -0.25) is 9.59 Å². The summed E-state index contributed by atoms with van der Waals surface area (Å²) in [5, 5.41) is 11.2. The average Bonchev–Trinajstić information content (AvgIpc) is 2.34. The Morgan fingerprint density at radius 2 is 2.16 bits per heavy atom. The van der Waals surface area contributed by atoms with Crippen molar-refractivity contribution in [3.8, 4) is 0 Å². The van der Waals surface area contributed by atoms with Gasteiger partial charge in [-0.25, -0.2) is 9.78 Å². The molecule has 0 fully saturated rings. The van der Waals surface area contributed by atoms with E-state index in [0.29, 0.717) is 4.47 Å². The molecule has 19 heavy (non-hydrogen) atoms. The van der Waals surface area contributed by atoms with E-state index in [-0.39, 0.29) is 18.5 Å². The summed E-state index contributed by atoms with van der Waals surface area (Å²) in [6, 6.07) is 2.05. The molecule has 1 heterocycles. The fourth-order valence-corrected chi connectivity index (χ4v) is 1.76. The lowest BCUT2D eigenvalue weighted by molar-refractivity contribution is -0.139. The van der Waals surface area contributed by atoms with Crippen molar-refractivity contribution in [3.63, 3.8) is 0 Å². The number of nitrogens with one attached hydrogen (secondary N) is 1. The number of carbonyl (C=O) groups excluding carboxylic acids is 2. The largest absolute Gasteiger partial charge is 0.480 e. The SMILES string of the molecule is NC(=O)CC[C@@H](NC(=O)c1ncccc1Br)C(=O)O. The molecule has 2 amide bonds. The second kappa shape index (κ2) is 6.83. The number of hydrogen-bond donors (Lipinski definition) is 3. The van der Waals surface area contributed by atoms with Crippen LogP contribution in [0.2, 0.25) is 0 Å². The molecule has 0 bridgehead atoms. The Kier molecular flexibility index (Phi) is 5.43. The number of primary amides is 1. The van der Waals surface area contributed by atoms with Gasteiger partial charge in [-0.2, -0.15) is 0 Å². The van der Waals surface area contributed by atoms with Gasteiger partial charge in [0.1, 0.15) is 11.7 Å². The molecule has 1 aromatic rings. The van der Waals surface area contributed by atoms with Crippen LogP contribution in [0.25, 0.3) is 0 Å². The number of hydrogen-bond acceptors (Lipinski definition) is 4. The predicted octanol–water partition coefficient (Wildman–Crippen LogP) is 0.293. The van der Waals surface area contributed by atoms with E-state index in [1.807, 2.05) is 0 Å². The summed E-state index contributed by atoms with van der Waals surface area (Å²) in [4.78, 5) is 37.3. The number of carboxylic acids is 1. The van der Waals surface area contributed by atoms with Crippen LogP contribution < -0.4 is 11.1 Å². The molecular weight excluding hydrogens is 318 g/mol. The van der Waals surface area contributed by atoms with Crippen LogP contribution in [0.4, 0.5) is 0 Å². The number of pyridine rings is 1. The van der Waals surface area contributed by atoms with E-state index in [0.717, 1.165) is 0 Å². The minimum atomic E-state index is -1.23. The quantitative estimate of drug-likeness (QED) is 0.692. The van der Waals surface area contributed by atoms with Crippen molar-refractivity contribution in [2.24, 2.45) is 5.73 Å².